The first-order valence-corrected chi connectivity index (χ1v) is 10.2. The quantitative estimate of drug-likeness (QED) is 0.416. The Hall–Kier alpha value is -3.51. The van der Waals surface area contributed by atoms with E-state index in [1.807, 2.05) is 40.7 Å². The smallest absolute Gasteiger partial charge is 0.290 e. The first-order chi connectivity index (χ1) is 14.9. The van der Waals surface area contributed by atoms with Gasteiger partial charge in [-0.1, -0.05) is 17.7 Å². The lowest BCUT2D eigenvalue weighted by Gasteiger charge is -2.27. The van der Waals surface area contributed by atoms with Crippen molar-refractivity contribution in [3.8, 4) is 5.69 Å². The molecule has 0 N–H and O–H groups in total. The van der Waals surface area contributed by atoms with E-state index in [-0.39, 0.29) is 16.3 Å². The summed E-state index contributed by atoms with van der Waals surface area (Å²) in [5.41, 5.74) is 1.20. The van der Waals surface area contributed by atoms with Crippen LogP contribution in [0.4, 0.5) is 17.3 Å². The Balaban J connectivity index is 1.78. The van der Waals surface area contributed by atoms with Gasteiger partial charge in [-0.05, 0) is 36.9 Å². The third-order valence-corrected chi connectivity index (χ3v) is 5.77. The number of nitrogens with zero attached hydrogens (tertiary/aromatic N) is 6. The van der Waals surface area contributed by atoms with Gasteiger partial charge in [-0.25, -0.2) is 0 Å². The van der Waals surface area contributed by atoms with E-state index in [1.165, 1.54) is 12.1 Å². The zero-order valence-electron chi connectivity index (χ0n) is 16.5. The zero-order chi connectivity index (χ0) is 22.0. The number of hydrogen-bond acceptors (Lipinski definition) is 9. The van der Waals surface area contributed by atoms with E-state index in [1.54, 1.807) is 0 Å². The van der Waals surface area contributed by atoms with Crippen LogP contribution in [0.15, 0.2) is 52.5 Å². The highest BCUT2D eigenvalue weighted by Crippen LogP contribution is 2.38. The van der Waals surface area contributed by atoms with Crippen LogP contribution in [-0.2, 0) is 4.74 Å². The fraction of sp³-hybridized carbons (Fsp3) is 0.263. The molecule has 0 bridgehead atoms. The first kappa shape index (κ1) is 20.8. The molecule has 11 nitrogen and oxygen atoms in total. The van der Waals surface area contributed by atoms with Gasteiger partial charge in [0.25, 0.3) is 11.4 Å². The molecule has 1 fully saturated rings. The fourth-order valence-electron chi connectivity index (χ4n) is 3.16. The second kappa shape index (κ2) is 8.70. The Morgan fingerprint density at radius 3 is 2.35 bits per heavy atom. The van der Waals surface area contributed by atoms with Crippen molar-refractivity contribution in [1.82, 2.24) is 14.8 Å². The largest absolute Gasteiger partial charge is 0.378 e. The summed E-state index contributed by atoms with van der Waals surface area (Å²) in [5, 5.41) is 31.6. The number of anilines is 1. The average molecular weight is 442 g/mol. The van der Waals surface area contributed by atoms with Gasteiger partial charge in [0.05, 0.1) is 39.7 Å². The topological polar surface area (TPSA) is 129 Å². The van der Waals surface area contributed by atoms with Crippen LogP contribution in [0, 0.1) is 27.2 Å². The van der Waals surface area contributed by atoms with E-state index in [0.717, 1.165) is 29.1 Å². The number of non-ortho nitro benzene ring substituents is 1. The molecule has 0 radical (unpaired) electrons. The Morgan fingerprint density at radius 1 is 1.00 bits per heavy atom. The summed E-state index contributed by atoms with van der Waals surface area (Å²) < 4.78 is 7.26. The molecule has 0 atom stereocenters. The molecule has 1 aliphatic rings. The van der Waals surface area contributed by atoms with Gasteiger partial charge in [0.1, 0.15) is 0 Å². The van der Waals surface area contributed by atoms with E-state index in [4.69, 9.17) is 4.74 Å². The molecular weight excluding hydrogens is 424 g/mol. The minimum atomic E-state index is -0.660. The van der Waals surface area contributed by atoms with E-state index in [9.17, 15) is 20.2 Å². The minimum Gasteiger partial charge on any atom is -0.378 e. The number of nitro benzene ring substituents is 2. The van der Waals surface area contributed by atoms with Crippen molar-refractivity contribution >= 4 is 29.1 Å². The molecule has 0 saturated carbocycles. The van der Waals surface area contributed by atoms with Crippen LogP contribution in [0.5, 0.6) is 0 Å². The van der Waals surface area contributed by atoms with Crippen molar-refractivity contribution in [1.29, 1.82) is 0 Å². The maximum atomic E-state index is 11.5. The Bertz CT molecular complexity index is 1130. The van der Waals surface area contributed by atoms with Gasteiger partial charge in [0.2, 0.25) is 11.1 Å². The molecule has 2 aromatic carbocycles. The van der Waals surface area contributed by atoms with Gasteiger partial charge in [-0.3, -0.25) is 24.8 Å². The van der Waals surface area contributed by atoms with Gasteiger partial charge in [0, 0.05) is 19.2 Å². The zero-order valence-corrected chi connectivity index (χ0v) is 17.3. The van der Waals surface area contributed by atoms with E-state index in [2.05, 4.69) is 10.2 Å². The lowest BCUT2D eigenvalue weighted by Crippen LogP contribution is -2.37. The maximum Gasteiger partial charge on any atom is 0.290 e. The number of aromatic nitrogens is 3. The molecule has 0 spiro atoms. The Labute approximate surface area is 180 Å². The third-order valence-electron chi connectivity index (χ3n) is 4.75. The van der Waals surface area contributed by atoms with Crippen LogP contribution in [0.25, 0.3) is 5.69 Å². The fourth-order valence-corrected chi connectivity index (χ4v) is 4.09. The van der Waals surface area contributed by atoms with Crippen molar-refractivity contribution in [3.05, 3.63) is 68.3 Å². The summed E-state index contributed by atoms with van der Waals surface area (Å²) in [6, 6.07) is 11.3. The molecule has 0 unspecified atom stereocenters. The number of rotatable bonds is 6. The number of hydrogen-bond donors (Lipinski definition) is 0. The summed E-state index contributed by atoms with van der Waals surface area (Å²) in [7, 11) is 0. The predicted octanol–water partition coefficient (Wildman–Crippen LogP) is 3.38. The third kappa shape index (κ3) is 4.34. The molecule has 0 amide bonds. The van der Waals surface area contributed by atoms with Crippen molar-refractivity contribution in [2.45, 2.75) is 17.0 Å². The maximum absolute atomic E-state index is 11.5. The summed E-state index contributed by atoms with van der Waals surface area (Å²) in [5.74, 6) is 0.610. The molecule has 3 aromatic rings. The highest BCUT2D eigenvalue weighted by atomic mass is 32.2. The minimum absolute atomic E-state index is 0.241. The molecule has 2 heterocycles. The van der Waals surface area contributed by atoms with Crippen molar-refractivity contribution in [3.63, 3.8) is 0 Å². The summed E-state index contributed by atoms with van der Waals surface area (Å²) in [6.07, 6.45) is 0. The van der Waals surface area contributed by atoms with Crippen LogP contribution < -0.4 is 4.90 Å². The number of ether oxygens (including phenoxy) is 1. The van der Waals surface area contributed by atoms with Crippen molar-refractivity contribution in [2.75, 3.05) is 31.2 Å². The molecule has 12 heteroatoms. The number of morpholine rings is 1. The number of benzene rings is 2. The molecule has 1 aliphatic heterocycles. The summed E-state index contributed by atoms with van der Waals surface area (Å²) >= 11 is 1.04. The summed E-state index contributed by atoms with van der Waals surface area (Å²) in [4.78, 5) is 23.6. The lowest BCUT2D eigenvalue weighted by atomic mass is 10.2. The molecule has 31 heavy (non-hydrogen) atoms. The van der Waals surface area contributed by atoms with Crippen LogP contribution in [0.2, 0.25) is 0 Å². The highest BCUT2D eigenvalue weighted by Gasteiger charge is 2.26. The highest BCUT2D eigenvalue weighted by molar-refractivity contribution is 7.99. The standard InChI is InChI=1S/C19H18N6O5S/c1-13-2-4-14(5-3-13)23-18(22-8-10-30-11-9-22)20-21-19(23)31-17-7-6-15(24(26)27)12-16(17)25(28)29/h2-7,12H,8-11H2,1H3. The second-order valence-electron chi connectivity index (χ2n) is 6.82. The number of nitro groups is 2. The Kier molecular flexibility index (Phi) is 5.82. The second-order valence-corrected chi connectivity index (χ2v) is 7.83. The predicted molar refractivity (Wildman–Crippen MR) is 113 cm³/mol. The Morgan fingerprint density at radius 2 is 1.71 bits per heavy atom. The van der Waals surface area contributed by atoms with Crippen molar-refractivity contribution in [2.24, 2.45) is 0 Å². The lowest BCUT2D eigenvalue weighted by molar-refractivity contribution is -0.396. The molecule has 0 aliphatic carbocycles. The molecule has 1 aromatic heterocycles. The van der Waals surface area contributed by atoms with Gasteiger partial charge >= 0.3 is 0 Å². The molecular formula is C19H18N6O5S. The molecule has 4 rings (SSSR count). The molecule has 160 valence electrons. The van der Waals surface area contributed by atoms with E-state index in [0.29, 0.717) is 37.4 Å². The van der Waals surface area contributed by atoms with Gasteiger partial charge in [0.15, 0.2) is 0 Å². The van der Waals surface area contributed by atoms with Crippen molar-refractivity contribution < 1.29 is 14.6 Å². The molecule has 1 saturated heterocycles. The average Bonchev–Trinajstić information content (AvgIpc) is 3.18. The normalized spacial score (nSPS) is 13.9. The summed E-state index contributed by atoms with van der Waals surface area (Å²) in [6.45, 7) is 4.40. The van der Waals surface area contributed by atoms with Gasteiger partial charge in [-0.2, -0.15) is 0 Å². The SMILES string of the molecule is Cc1ccc(-n2c(Sc3ccc([N+](=O)[O-])cc3[N+](=O)[O-])nnc2N2CCOCC2)cc1. The van der Waals surface area contributed by atoms with E-state index < -0.39 is 9.85 Å². The van der Waals surface area contributed by atoms with Crippen LogP contribution >= 0.6 is 11.8 Å². The number of aryl methyl sites for hydroxylation is 1. The van der Waals surface area contributed by atoms with Gasteiger partial charge < -0.3 is 9.64 Å². The van der Waals surface area contributed by atoms with E-state index >= 15 is 0 Å². The monoisotopic (exact) mass is 442 g/mol. The van der Waals surface area contributed by atoms with Gasteiger partial charge in [-0.15, -0.1) is 10.2 Å². The van der Waals surface area contributed by atoms with Crippen LogP contribution in [0.1, 0.15) is 5.56 Å². The van der Waals surface area contributed by atoms with Crippen LogP contribution in [-0.4, -0.2) is 50.9 Å². The first-order valence-electron chi connectivity index (χ1n) is 9.40. The van der Waals surface area contributed by atoms with Crippen LogP contribution in [0.3, 0.4) is 0 Å².